The molecule has 2 heteroatoms. The molecular formula is C17H31NO. The number of hydrogen-bond acceptors (Lipinski definition) is 2. The lowest BCUT2D eigenvalue weighted by Crippen LogP contribution is -2.62. The molecule has 3 rings (SSSR count). The highest BCUT2D eigenvalue weighted by atomic mass is 16.5. The maximum Gasteiger partial charge on any atom is 0.0685 e. The van der Waals surface area contributed by atoms with Crippen molar-refractivity contribution in [1.82, 2.24) is 0 Å². The molecule has 0 radical (unpaired) electrons. The Morgan fingerprint density at radius 3 is 2.26 bits per heavy atom. The smallest absolute Gasteiger partial charge is 0.0685 e. The lowest BCUT2D eigenvalue weighted by atomic mass is 9.56. The van der Waals surface area contributed by atoms with E-state index in [2.05, 4.69) is 13.8 Å². The van der Waals surface area contributed by atoms with Gasteiger partial charge in [0, 0.05) is 12.1 Å². The number of rotatable bonds is 1. The van der Waals surface area contributed by atoms with E-state index in [4.69, 9.17) is 10.5 Å². The molecular weight excluding hydrogens is 234 g/mol. The summed E-state index contributed by atoms with van der Waals surface area (Å²) in [7, 11) is 0. The molecule has 110 valence electrons. The fourth-order valence-corrected chi connectivity index (χ4v) is 5.15. The van der Waals surface area contributed by atoms with Crippen LogP contribution in [-0.4, -0.2) is 17.7 Å². The van der Waals surface area contributed by atoms with Gasteiger partial charge in [-0.1, -0.05) is 39.5 Å². The van der Waals surface area contributed by atoms with E-state index in [-0.39, 0.29) is 11.1 Å². The lowest BCUT2D eigenvalue weighted by Gasteiger charge is -2.55. The van der Waals surface area contributed by atoms with Crippen molar-refractivity contribution in [3.8, 4) is 0 Å². The first-order valence-corrected chi connectivity index (χ1v) is 8.40. The summed E-state index contributed by atoms with van der Waals surface area (Å²) in [5, 5.41) is 0. The van der Waals surface area contributed by atoms with Crippen molar-refractivity contribution in [3.05, 3.63) is 0 Å². The standard InChI is InChI=1S/C17H31NO/c1-15(2)8-3-6-11-17(15,18)14-7-12-19-16(13-14)9-4-5-10-16/h14H,3-13,18H2,1-2H3. The van der Waals surface area contributed by atoms with Gasteiger partial charge in [-0.15, -0.1) is 0 Å². The van der Waals surface area contributed by atoms with E-state index in [9.17, 15) is 0 Å². The van der Waals surface area contributed by atoms with Gasteiger partial charge < -0.3 is 10.5 Å². The van der Waals surface area contributed by atoms with Crippen LogP contribution in [0.4, 0.5) is 0 Å². The summed E-state index contributed by atoms with van der Waals surface area (Å²) in [6, 6.07) is 0. The predicted molar refractivity (Wildman–Crippen MR) is 79.0 cm³/mol. The van der Waals surface area contributed by atoms with Crippen LogP contribution in [0.15, 0.2) is 0 Å². The minimum Gasteiger partial charge on any atom is -0.375 e. The van der Waals surface area contributed by atoms with Gasteiger partial charge >= 0.3 is 0 Å². The Labute approximate surface area is 118 Å². The monoisotopic (exact) mass is 265 g/mol. The summed E-state index contributed by atoms with van der Waals surface area (Å²) in [6.07, 6.45) is 12.9. The van der Waals surface area contributed by atoms with E-state index in [1.54, 1.807) is 0 Å². The second kappa shape index (κ2) is 4.73. The zero-order valence-corrected chi connectivity index (χ0v) is 12.8. The topological polar surface area (TPSA) is 35.2 Å². The van der Waals surface area contributed by atoms with Crippen LogP contribution in [0.1, 0.15) is 78.1 Å². The summed E-state index contributed by atoms with van der Waals surface area (Å²) in [5.74, 6) is 0.676. The lowest BCUT2D eigenvalue weighted by molar-refractivity contribution is -0.121. The molecule has 3 aliphatic rings. The van der Waals surface area contributed by atoms with Crippen molar-refractivity contribution in [3.63, 3.8) is 0 Å². The second-order valence-corrected chi connectivity index (χ2v) is 8.06. The van der Waals surface area contributed by atoms with Gasteiger partial charge in [-0.2, -0.15) is 0 Å². The molecule has 1 aliphatic heterocycles. The van der Waals surface area contributed by atoms with Crippen LogP contribution in [0.25, 0.3) is 0 Å². The zero-order chi connectivity index (χ0) is 13.6. The Balaban J connectivity index is 1.80. The minimum atomic E-state index is 0.0463. The van der Waals surface area contributed by atoms with Gasteiger partial charge in [0.2, 0.25) is 0 Å². The van der Waals surface area contributed by atoms with E-state index in [1.807, 2.05) is 0 Å². The fourth-order valence-electron chi connectivity index (χ4n) is 5.15. The number of nitrogens with two attached hydrogens (primary N) is 1. The van der Waals surface area contributed by atoms with Crippen molar-refractivity contribution in [2.75, 3.05) is 6.61 Å². The van der Waals surface area contributed by atoms with Crippen LogP contribution in [0.3, 0.4) is 0 Å². The van der Waals surface area contributed by atoms with Crippen molar-refractivity contribution in [2.24, 2.45) is 17.1 Å². The van der Waals surface area contributed by atoms with Crippen LogP contribution in [0, 0.1) is 11.3 Å². The molecule has 0 amide bonds. The highest BCUT2D eigenvalue weighted by Crippen LogP contribution is 2.52. The van der Waals surface area contributed by atoms with E-state index in [0.29, 0.717) is 11.3 Å². The van der Waals surface area contributed by atoms with Gasteiger partial charge in [0.1, 0.15) is 0 Å². The van der Waals surface area contributed by atoms with E-state index >= 15 is 0 Å². The number of hydrogen-bond donors (Lipinski definition) is 1. The van der Waals surface area contributed by atoms with E-state index in [1.165, 1.54) is 64.2 Å². The summed E-state index contributed by atoms with van der Waals surface area (Å²) in [6.45, 7) is 5.76. The first kappa shape index (κ1) is 13.9. The molecule has 2 nitrogen and oxygen atoms in total. The second-order valence-electron chi connectivity index (χ2n) is 8.06. The molecule has 1 saturated heterocycles. The molecule has 2 saturated carbocycles. The van der Waals surface area contributed by atoms with Crippen LogP contribution in [-0.2, 0) is 4.74 Å². The SMILES string of the molecule is CC1(C)CCCCC1(N)C1CCOC2(CCCC2)C1. The molecule has 1 heterocycles. The van der Waals surface area contributed by atoms with E-state index < -0.39 is 0 Å². The Hall–Kier alpha value is -0.0800. The number of ether oxygens (including phenoxy) is 1. The highest BCUT2D eigenvalue weighted by Gasteiger charge is 2.52. The highest BCUT2D eigenvalue weighted by molar-refractivity contribution is 5.07. The molecule has 0 aromatic carbocycles. The molecule has 0 bridgehead atoms. The van der Waals surface area contributed by atoms with Gasteiger partial charge in [-0.05, 0) is 49.9 Å². The van der Waals surface area contributed by atoms with Crippen LogP contribution < -0.4 is 5.73 Å². The fraction of sp³-hybridized carbons (Fsp3) is 1.00. The van der Waals surface area contributed by atoms with Crippen molar-refractivity contribution in [2.45, 2.75) is 89.2 Å². The molecule has 2 unspecified atom stereocenters. The molecule has 3 fully saturated rings. The van der Waals surface area contributed by atoms with Crippen LogP contribution in [0.2, 0.25) is 0 Å². The predicted octanol–water partition coefficient (Wildman–Crippen LogP) is 4.02. The third kappa shape index (κ3) is 2.25. The maximum atomic E-state index is 7.01. The third-order valence-electron chi connectivity index (χ3n) is 6.64. The van der Waals surface area contributed by atoms with Crippen LogP contribution in [0.5, 0.6) is 0 Å². The van der Waals surface area contributed by atoms with Crippen molar-refractivity contribution in [1.29, 1.82) is 0 Å². The van der Waals surface area contributed by atoms with Crippen molar-refractivity contribution >= 4 is 0 Å². The molecule has 2 atom stereocenters. The van der Waals surface area contributed by atoms with Gasteiger partial charge in [0.25, 0.3) is 0 Å². The molecule has 2 N–H and O–H groups in total. The first-order chi connectivity index (χ1) is 8.98. The van der Waals surface area contributed by atoms with Gasteiger partial charge in [0.05, 0.1) is 5.60 Å². The summed E-state index contributed by atoms with van der Waals surface area (Å²) in [5.41, 5.74) is 7.56. The largest absolute Gasteiger partial charge is 0.375 e. The Morgan fingerprint density at radius 2 is 1.58 bits per heavy atom. The Bertz CT molecular complexity index is 332. The quantitative estimate of drug-likeness (QED) is 0.777. The molecule has 1 spiro atoms. The van der Waals surface area contributed by atoms with Crippen LogP contribution >= 0.6 is 0 Å². The Kier molecular flexibility index (Phi) is 3.46. The summed E-state index contributed by atoms with van der Waals surface area (Å²) in [4.78, 5) is 0. The Morgan fingerprint density at radius 1 is 0.947 bits per heavy atom. The van der Waals surface area contributed by atoms with Gasteiger partial charge in [-0.3, -0.25) is 0 Å². The van der Waals surface area contributed by atoms with Gasteiger partial charge in [-0.25, -0.2) is 0 Å². The zero-order valence-electron chi connectivity index (χ0n) is 12.8. The molecule has 0 aromatic rings. The summed E-state index contributed by atoms with van der Waals surface area (Å²) >= 11 is 0. The molecule has 2 aliphatic carbocycles. The average Bonchev–Trinajstić information content (AvgIpc) is 2.81. The third-order valence-corrected chi connectivity index (χ3v) is 6.64. The molecule has 19 heavy (non-hydrogen) atoms. The first-order valence-electron chi connectivity index (χ1n) is 8.40. The van der Waals surface area contributed by atoms with E-state index in [0.717, 1.165) is 6.61 Å². The summed E-state index contributed by atoms with van der Waals surface area (Å²) < 4.78 is 6.21. The van der Waals surface area contributed by atoms with Crippen molar-refractivity contribution < 1.29 is 4.74 Å². The maximum absolute atomic E-state index is 7.01. The van der Waals surface area contributed by atoms with Gasteiger partial charge in [0.15, 0.2) is 0 Å². The minimum absolute atomic E-state index is 0.0463. The average molecular weight is 265 g/mol. The molecule has 0 aromatic heterocycles. The normalized spacial score (nSPS) is 41.5.